The van der Waals surface area contributed by atoms with Crippen LogP contribution < -0.4 is 0 Å². The molecule has 1 aliphatic rings. The van der Waals surface area contributed by atoms with Crippen molar-refractivity contribution >= 4 is 29.1 Å². The number of aromatic nitrogens is 3. The molecule has 6 nitrogen and oxygen atoms in total. The minimum atomic E-state index is -0.0463. The maximum atomic E-state index is 12.7. The summed E-state index contributed by atoms with van der Waals surface area (Å²) in [6.07, 6.45) is 4.92. The number of likely N-dealkylation sites (tertiary alicyclic amines) is 1. The summed E-state index contributed by atoms with van der Waals surface area (Å²) < 4.78 is 5.45. The van der Waals surface area contributed by atoms with Gasteiger partial charge in [-0.15, -0.1) is 0 Å². The van der Waals surface area contributed by atoms with Gasteiger partial charge < -0.3 is 9.42 Å². The van der Waals surface area contributed by atoms with Crippen LogP contribution in [-0.2, 0) is 0 Å². The lowest BCUT2D eigenvalue weighted by Crippen LogP contribution is -2.38. The van der Waals surface area contributed by atoms with Gasteiger partial charge >= 0.3 is 0 Å². The van der Waals surface area contributed by atoms with Gasteiger partial charge in [-0.3, -0.25) is 9.78 Å². The van der Waals surface area contributed by atoms with Gasteiger partial charge in [0.2, 0.25) is 11.7 Å². The Balaban J connectivity index is 1.41. The van der Waals surface area contributed by atoms with Crippen LogP contribution in [0.15, 0.2) is 47.2 Å². The van der Waals surface area contributed by atoms with Crippen LogP contribution in [0.5, 0.6) is 0 Å². The van der Waals surface area contributed by atoms with Gasteiger partial charge in [0.05, 0.1) is 10.0 Å². The Morgan fingerprint density at radius 2 is 1.81 bits per heavy atom. The molecule has 0 saturated carbocycles. The van der Waals surface area contributed by atoms with Gasteiger partial charge in [0.25, 0.3) is 5.91 Å². The summed E-state index contributed by atoms with van der Waals surface area (Å²) >= 11 is 11.9. The molecule has 27 heavy (non-hydrogen) atoms. The number of piperidine rings is 1. The van der Waals surface area contributed by atoms with Gasteiger partial charge in [0.15, 0.2) is 0 Å². The Hall–Kier alpha value is -2.44. The summed E-state index contributed by atoms with van der Waals surface area (Å²) in [6, 6.07) is 8.63. The predicted molar refractivity (Wildman–Crippen MR) is 102 cm³/mol. The van der Waals surface area contributed by atoms with E-state index in [9.17, 15) is 4.79 Å². The number of halogens is 2. The second-order valence-electron chi connectivity index (χ2n) is 6.39. The van der Waals surface area contributed by atoms with E-state index in [1.54, 1.807) is 30.6 Å². The van der Waals surface area contributed by atoms with Crippen molar-refractivity contribution in [2.24, 2.45) is 0 Å². The lowest BCUT2D eigenvalue weighted by atomic mass is 9.96. The zero-order valence-corrected chi connectivity index (χ0v) is 15.8. The summed E-state index contributed by atoms with van der Waals surface area (Å²) in [5.74, 6) is 1.27. The van der Waals surface area contributed by atoms with Gasteiger partial charge in [-0.2, -0.15) is 4.98 Å². The monoisotopic (exact) mass is 402 g/mol. The number of rotatable bonds is 3. The van der Waals surface area contributed by atoms with Crippen molar-refractivity contribution in [1.82, 2.24) is 20.0 Å². The molecule has 1 aromatic carbocycles. The maximum absolute atomic E-state index is 12.7. The van der Waals surface area contributed by atoms with Gasteiger partial charge in [-0.25, -0.2) is 0 Å². The van der Waals surface area contributed by atoms with Crippen molar-refractivity contribution in [3.8, 4) is 11.4 Å². The Morgan fingerprint density at radius 3 is 2.52 bits per heavy atom. The third-order valence-electron chi connectivity index (χ3n) is 4.68. The Bertz CT molecular complexity index is 953. The number of hydrogen-bond donors (Lipinski definition) is 0. The molecule has 1 fully saturated rings. The molecule has 0 spiro atoms. The molecule has 4 rings (SSSR count). The van der Waals surface area contributed by atoms with Crippen LogP contribution in [0.25, 0.3) is 11.4 Å². The Kier molecular flexibility index (Phi) is 5.09. The smallest absolute Gasteiger partial charge is 0.253 e. The number of hydrogen-bond acceptors (Lipinski definition) is 5. The first-order valence-electron chi connectivity index (χ1n) is 8.60. The molecule has 0 atom stereocenters. The van der Waals surface area contributed by atoms with E-state index < -0.39 is 0 Å². The van der Waals surface area contributed by atoms with Crippen molar-refractivity contribution in [3.63, 3.8) is 0 Å². The molecule has 0 radical (unpaired) electrons. The molecule has 8 heteroatoms. The van der Waals surface area contributed by atoms with E-state index >= 15 is 0 Å². The highest BCUT2D eigenvalue weighted by molar-refractivity contribution is 6.42. The molecular formula is C19H16Cl2N4O2. The van der Waals surface area contributed by atoms with E-state index in [1.165, 1.54) is 0 Å². The summed E-state index contributed by atoms with van der Waals surface area (Å²) in [5, 5.41) is 4.88. The molecule has 0 unspecified atom stereocenters. The van der Waals surface area contributed by atoms with Crippen molar-refractivity contribution in [2.45, 2.75) is 18.8 Å². The summed E-state index contributed by atoms with van der Waals surface area (Å²) in [4.78, 5) is 23.0. The number of pyridine rings is 1. The standard InChI is InChI=1S/C19H16Cl2N4O2/c20-15-2-1-14(11-16(15)21)19(26)25-9-5-13(6-10-25)18-23-17(24-27-18)12-3-7-22-8-4-12/h1-4,7-8,11,13H,5-6,9-10H2. The zero-order valence-electron chi connectivity index (χ0n) is 14.3. The van der Waals surface area contributed by atoms with E-state index in [2.05, 4.69) is 15.1 Å². The highest BCUT2D eigenvalue weighted by Gasteiger charge is 2.28. The highest BCUT2D eigenvalue weighted by atomic mass is 35.5. The number of amides is 1. The molecule has 3 aromatic rings. The van der Waals surface area contributed by atoms with E-state index in [0.29, 0.717) is 40.4 Å². The van der Waals surface area contributed by atoms with Gasteiger partial charge in [0.1, 0.15) is 0 Å². The first-order valence-corrected chi connectivity index (χ1v) is 9.36. The molecule has 3 heterocycles. The van der Waals surface area contributed by atoms with Crippen LogP contribution in [0.4, 0.5) is 0 Å². The quantitative estimate of drug-likeness (QED) is 0.646. The Morgan fingerprint density at radius 1 is 1.07 bits per heavy atom. The first kappa shape index (κ1) is 17.9. The van der Waals surface area contributed by atoms with Crippen LogP contribution in [-0.4, -0.2) is 39.0 Å². The summed E-state index contributed by atoms with van der Waals surface area (Å²) in [6.45, 7) is 1.24. The highest BCUT2D eigenvalue weighted by Crippen LogP contribution is 2.30. The van der Waals surface area contributed by atoms with Crippen molar-refractivity contribution < 1.29 is 9.32 Å². The van der Waals surface area contributed by atoms with Gasteiger partial charge in [0, 0.05) is 42.5 Å². The van der Waals surface area contributed by atoms with E-state index in [-0.39, 0.29) is 11.8 Å². The fraction of sp³-hybridized carbons (Fsp3) is 0.263. The van der Waals surface area contributed by atoms with Crippen molar-refractivity contribution in [3.05, 3.63) is 64.2 Å². The third-order valence-corrected chi connectivity index (χ3v) is 5.42. The fourth-order valence-corrected chi connectivity index (χ4v) is 3.46. The second-order valence-corrected chi connectivity index (χ2v) is 7.20. The number of benzene rings is 1. The largest absolute Gasteiger partial charge is 0.339 e. The maximum Gasteiger partial charge on any atom is 0.253 e. The normalized spacial score (nSPS) is 15.1. The molecule has 138 valence electrons. The van der Waals surface area contributed by atoms with Crippen molar-refractivity contribution in [2.75, 3.05) is 13.1 Å². The summed E-state index contributed by atoms with van der Waals surface area (Å²) in [5.41, 5.74) is 1.41. The van der Waals surface area contributed by atoms with E-state index in [1.807, 2.05) is 17.0 Å². The average Bonchev–Trinajstić information content (AvgIpc) is 3.21. The zero-order chi connectivity index (χ0) is 18.8. The number of nitrogens with zero attached hydrogens (tertiary/aromatic N) is 4. The summed E-state index contributed by atoms with van der Waals surface area (Å²) in [7, 11) is 0. The molecule has 0 N–H and O–H groups in total. The van der Waals surface area contributed by atoms with Crippen LogP contribution in [0.2, 0.25) is 10.0 Å². The minimum absolute atomic E-state index is 0.0463. The molecule has 0 bridgehead atoms. The first-order chi connectivity index (χ1) is 13.1. The van der Waals surface area contributed by atoms with Gasteiger partial charge in [-0.1, -0.05) is 28.4 Å². The number of carbonyl (C=O) groups is 1. The average molecular weight is 403 g/mol. The van der Waals surface area contributed by atoms with Crippen molar-refractivity contribution in [1.29, 1.82) is 0 Å². The molecule has 0 aliphatic carbocycles. The SMILES string of the molecule is O=C(c1ccc(Cl)c(Cl)c1)N1CCC(c2nc(-c3ccncc3)no2)CC1. The molecular weight excluding hydrogens is 387 g/mol. The predicted octanol–water partition coefficient (Wildman–Crippen LogP) is 4.46. The molecule has 2 aromatic heterocycles. The number of carbonyl (C=O) groups excluding carboxylic acids is 1. The van der Waals surface area contributed by atoms with Gasteiger partial charge in [-0.05, 0) is 43.2 Å². The van der Waals surface area contributed by atoms with Crippen LogP contribution in [0.1, 0.15) is 35.0 Å². The minimum Gasteiger partial charge on any atom is -0.339 e. The van der Waals surface area contributed by atoms with Crippen LogP contribution in [0, 0.1) is 0 Å². The van der Waals surface area contributed by atoms with Crippen LogP contribution >= 0.6 is 23.2 Å². The van der Waals surface area contributed by atoms with E-state index in [4.69, 9.17) is 27.7 Å². The van der Waals surface area contributed by atoms with E-state index in [0.717, 1.165) is 18.4 Å². The topological polar surface area (TPSA) is 72.1 Å². The second kappa shape index (κ2) is 7.66. The Labute approximate surface area is 166 Å². The molecule has 1 aliphatic heterocycles. The lowest BCUT2D eigenvalue weighted by Gasteiger charge is -2.30. The van der Waals surface area contributed by atoms with Crippen LogP contribution in [0.3, 0.4) is 0 Å². The molecule has 1 saturated heterocycles. The lowest BCUT2D eigenvalue weighted by molar-refractivity contribution is 0.0704. The molecule has 1 amide bonds. The third kappa shape index (κ3) is 3.82. The fourth-order valence-electron chi connectivity index (χ4n) is 3.16.